The first-order valence-electron chi connectivity index (χ1n) is 12.7. The fraction of sp³-hybridized carbons (Fsp3) is 0.379. The number of esters is 1. The minimum atomic E-state index is -0.598. The molecule has 36 heavy (non-hydrogen) atoms. The number of hydrogen-bond acceptors (Lipinski definition) is 5. The molecule has 0 N–H and O–H groups in total. The maximum absolute atomic E-state index is 13.4. The molecule has 1 aromatic heterocycles. The fourth-order valence-electron chi connectivity index (χ4n) is 5.76. The highest BCUT2D eigenvalue weighted by Gasteiger charge is 2.47. The van der Waals surface area contributed by atoms with Crippen LogP contribution in [0.25, 0.3) is 22.2 Å². The van der Waals surface area contributed by atoms with Crippen LogP contribution in [0.1, 0.15) is 49.4 Å². The second-order valence-corrected chi connectivity index (χ2v) is 9.51. The smallest absolute Gasteiger partial charge is 0.308 e. The summed E-state index contributed by atoms with van der Waals surface area (Å²) in [6.45, 7) is 2.31. The normalized spacial score (nSPS) is 19.5. The number of aryl methyl sites for hydroxylation is 1. The van der Waals surface area contributed by atoms with Gasteiger partial charge in [-0.2, -0.15) is 0 Å². The molecule has 2 heterocycles. The van der Waals surface area contributed by atoms with Gasteiger partial charge in [-0.1, -0.05) is 61.4 Å². The van der Waals surface area contributed by atoms with Crippen molar-refractivity contribution in [2.45, 2.75) is 45.6 Å². The summed E-state index contributed by atoms with van der Waals surface area (Å²) in [6, 6.07) is 17.4. The van der Waals surface area contributed by atoms with Crippen molar-refractivity contribution in [2.75, 3.05) is 13.2 Å². The number of amides is 2. The first kappa shape index (κ1) is 24.0. The van der Waals surface area contributed by atoms with Crippen molar-refractivity contribution < 1.29 is 23.9 Å². The summed E-state index contributed by atoms with van der Waals surface area (Å²) in [4.78, 5) is 52.4. The summed E-state index contributed by atoms with van der Waals surface area (Å²) in [5, 5.41) is 0.815. The van der Waals surface area contributed by atoms with E-state index in [-0.39, 0.29) is 42.4 Å². The van der Waals surface area contributed by atoms with E-state index in [1.807, 2.05) is 61.5 Å². The number of ketones is 1. The third-order valence-electron chi connectivity index (χ3n) is 7.45. The van der Waals surface area contributed by atoms with Crippen molar-refractivity contribution >= 4 is 34.5 Å². The Bertz CT molecular complexity index is 1300. The average Bonchev–Trinajstić information content (AvgIpc) is 3.38. The Kier molecular flexibility index (Phi) is 6.72. The van der Waals surface area contributed by atoms with E-state index in [1.54, 1.807) is 0 Å². The van der Waals surface area contributed by atoms with Crippen molar-refractivity contribution in [3.8, 4) is 11.3 Å². The van der Waals surface area contributed by atoms with Gasteiger partial charge in [0.2, 0.25) is 17.6 Å². The molecule has 2 aromatic carbocycles. The number of para-hydroxylation sites is 1. The molecule has 2 amide bonds. The lowest BCUT2D eigenvalue weighted by Crippen LogP contribution is -2.33. The van der Waals surface area contributed by atoms with Gasteiger partial charge in [-0.25, -0.2) is 0 Å². The molecule has 7 heteroatoms. The number of hydrogen-bond donors (Lipinski definition) is 0. The van der Waals surface area contributed by atoms with Crippen LogP contribution in [0.5, 0.6) is 0 Å². The van der Waals surface area contributed by atoms with E-state index < -0.39 is 12.6 Å². The van der Waals surface area contributed by atoms with Crippen molar-refractivity contribution in [3.63, 3.8) is 0 Å². The molecule has 2 fully saturated rings. The molecule has 0 radical (unpaired) electrons. The van der Waals surface area contributed by atoms with Crippen LogP contribution >= 0.6 is 0 Å². The third kappa shape index (κ3) is 4.23. The molecular formula is C29H30N2O5. The summed E-state index contributed by atoms with van der Waals surface area (Å²) in [5.41, 5.74) is 3.19. The highest BCUT2D eigenvalue weighted by Crippen LogP contribution is 2.38. The SMILES string of the molecule is CCn1c(-c2ccccc2)c(C(=O)COC(=O)CCN2C(=O)C3CCCCC3C2=O)c2ccccc21. The molecule has 1 saturated carbocycles. The quantitative estimate of drug-likeness (QED) is 0.264. The Labute approximate surface area is 210 Å². The van der Waals surface area contributed by atoms with Crippen LogP contribution < -0.4 is 0 Å². The second kappa shape index (κ2) is 10.1. The van der Waals surface area contributed by atoms with E-state index in [2.05, 4.69) is 4.57 Å². The highest BCUT2D eigenvalue weighted by molar-refractivity contribution is 6.14. The number of likely N-dealkylation sites (tertiary alicyclic amines) is 1. The van der Waals surface area contributed by atoms with Crippen LogP contribution in [0.3, 0.4) is 0 Å². The van der Waals surface area contributed by atoms with Crippen LogP contribution in [-0.2, 0) is 25.7 Å². The van der Waals surface area contributed by atoms with Gasteiger partial charge in [-0.3, -0.25) is 24.1 Å². The van der Waals surface area contributed by atoms with E-state index in [0.717, 1.165) is 47.8 Å². The van der Waals surface area contributed by atoms with Crippen LogP contribution in [0, 0.1) is 11.8 Å². The number of benzene rings is 2. The van der Waals surface area contributed by atoms with Gasteiger partial charge in [0, 0.05) is 24.0 Å². The largest absolute Gasteiger partial charge is 0.457 e. The Morgan fingerprint density at radius 2 is 1.56 bits per heavy atom. The summed E-state index contributed by atoms with van der Waals surface area (Å²) < 4.78 is 7.44. The van der Waals surface area contributed by atoms with Crippen molar-refractivity contribution in [2.24, 2.45) is 11.8 Å². The maximum Gasteiger partial charge on any atom is 0.308 e. The number of Topliss-reactive ketones (excluding diaryl/α,β-unsaturated/α-hetero) is 1. The molecule has 0 bridgehead atoms. The fourth-order valence-corrected chi connectivity index (χ4v) is 5.76. The summed E-state index contributed by atoms with van der Waals surface area (Å²) >= 11 is 0. The minimum Gasteiger partial charge on any atom is -0.457 e. The van der Waals surface area contributed by atoms with Crippen LogP contribution in [0.15, 0.2) is 54.6 Å². The molecule has 7 nitrogen and oxygen atoms in total. The third-order valence-corrected chi connectivity index (χ3v) is 7.45. The Morgan fingerprint density at radius 1 is 0.917 bits per heavy atom. The number of aromatic nitrogens is 1. The number of fused-ring (bicyclic) bond motifs is 2. The number of imide groups is 1. The zero-order valence-corrected chi connectivity index (χ0v) is 20.4. The highest BCUT2D eigenvalue weighted by atomic mass is 16.5. The van der Waals surface area contributed by atoms with Gasteiger partial charge in [0.15, 0.2) is 6.61 Å². The molecule has 2 unspecified atom stereocenters. The van der Waals surface area contributed by atoms with Gasteiger partial charge in [0.25, 0.3) is 0 Å². The van der Waals surface area contributed by atoms with Crippen LogP contribution in [0.2, 0.25) is 0 Å². The Balaban J connectivity index is 1.30. The molecule has 2 atom stereocenters. The number of rotatable bonds is 8. The van der Waals surface area contributed by atoms with E-state index in [1.165, 1.54) is 4.90 Å². The van der Waals surface area contributed by atoms with E-state index in [4.69, 9.17) is 4.74 Å². The van der Waals surface area contributed by atoms with Gasteiger partial charge < -0.3 is 9.30 Å². The minimum absolute atomic E-state index is 0.00208. The molecular weight excluding hydrogens is 456 g/mol. The number of nitrogens with zero attached hydrogens (tertiary/aromatic N) is 2. The maximum atomic E-state index is 13.4. The average molecular weight is 487 g/mol. The predicted octanol–water partition coefficient (Wildman–Crippen LogP) is 4.62. The lowest BCUT2D eigenvalue weighted by molar-refractivity contribution is -0.145. The van der Waals surface area contributed by atoms with Crippen LogP contribution in [0.4, 0.5) is 0 Å². The molecule has 1 aliphatic carbocycles. The molecule has 186 valence electrons. The number of carbonyl (C=O) groups is 4. The summed E-state index contributed by atoms with van der Waals surface area (Å²) in [7, 11) is 0. The Morgan fingerprint density at radius 3 is 2.22 bits per heavy atom. The first-order chi connectivity index (χ1) is 17.5. The van der Waals surface area contributed by atoms with Gasteiger partial charge in [-0.05, 0) is 31.4 Å². The zero-order valence-electron chi connectivity index (χ0n) is 20.4. The molecule has 1 saturated heterocycles. The second-order valence-electron chi connectivity index (χ2n) is 9.51. The standard InChI is InChI=1S/C29H30N2O5/c1-2-30-23-15-9-8-14-22(23)26(27(30)19-10-4-3-5-11-19)24(32)18-36-25(33)16-17-31-28(34)20-12-6-7-13-21(20)29(31)35/h3-5,8-11,14-15,20-21H,2,6-7,12-13,16-18H2,1H3. The molecule has 1 aliphatic heterocycles. The number of ether oxygens (including phenoxy) is 1. The number of carbonyl (C=O) groups excluding carboxylic acids is 4. The zero-order chi connectivity index (χ0) is 25.2. The topological polar surface area (TPSA) is 85.7 Å². The van der Waals surface area contributed by atoms with Crippen molar-refractivity contribution in [3.05, 3.63) is 60.2 Å². The van der Waals surface area contributed by atoms with Gasteiger partial charge in [0.1, 0.15) is 0 Å². The molecule has 3 aromatic rings. The summed E-state index contributed by atoms with van der Waals surface area (Å²) in [6.07, 6.45) is 3.27. The van der Waals surface area contributed by atoms with Gasteiger partial charge in [0.05, 0.1) is 29.5 Å². The van der Waals surface area contributed by atoms with E-state index in [0.29, 0.717) is 12.1 Å². The lowest BCUT2D eigenvalue weighted by atomic mass is 9.81. The van der Waals surface area contributed by atoms with Crippen molar-refractivity contribution in [1.29, 1.82) is 0 Å². The molecule has 0 spiro atoms. The predicted molar refractivity (Wildman–Crippen MR) is 135 cm³/mol. The van der Waals surface area contributed by atoms with Gasteiger partial charge >= 0.3 is 5.97 Å². The summed E-state index contributed by atoms with van der Waals surface area (Å²) in [5.74, 6) is -1.71. The first-order valence-corrected chi connectivity index (χ1v) is 12.7. The van der Waals surface area contributed by atoms with Gasteiger partial charge in [-0.15, -0.1) is 0 Å². The molecule has 5 rings (SSSR count). The van der Waals surface area contributed by atoms with Crippen molar-refractivity contribution in [1.82, 2.24) is 9.47 Å². The lowest BCUT2D eigenvalue weighted by Gasteiger charge is -2.19. The van der Waals surface area contributed by atoms with E-state index in [9.17, 15) is 19.2 Å². The monoisotopic (exact) mass is 486 g/mol. The molecule has 2 aliphatic rings. The Hall–Kier alpha value is -3.74. The van der Waals surface area contributed by atoms with Crippen LogP contribution in [-0.4, -0.2) is 46.2 Å². The van der Waals surface area contributed by atoms with E-state index >= 15 is 0 Å².